The smallest absolute Gasteiger partial charge is 0.0889 e. The standard InChI is InChI=1S/C16H20S3/c1-2-3-4-5-6-7-8-12-11-14-13-9-10-17-15(13)19-16(14)18-12/h9-11H,2-8H2,1H3. The van der Waals surface area contributed by atoms with Gasteiger partial charge >= 0.3 is 0 Å². The average Bonchev–Trinajstić information content (AvgIpc) is 3.05. The molecule has 0 saturated heterocycles. The third-order valence-corrected chi connectivity index (χ3v) is 7.18. The average molecular weight is 309 g/mol. The summed E-state index contributed by atoms with van der Waals surface area (Å²) in [6.07, 6.45) is 9.64. The Balaban J connectivity index is 1.57. The molecule has 0 aromatic carbocycles. The van der Waals surface area contributed by atoms with Gasteiger partial charge in [0.2, 0.25) is 0 Å². The van der Waals surface area contributed by atoms with Gasteiger partial charge in [-0.05, 0) is 30.4 Å². The van der Waals surface area contributed by atoms with E-state index in [0.29, 0.717) is 0 Å². The summed E-state index contributed by atoms with van der Waals surface area (Å²) >= 11 is 5.88. The molecule has 0 saturated carbocycles. The lowest BCUT2D eigenvalue weighted by Crippen LogP contribution is -1.82. The van der Waals surface area contributed by atoms with Crippen LogP contribution in [-0.2, 0) is 6.42 Å². The van der Waals surface area contributed by atoms with E-state index in [-0.39, 0.29) is 0 Å². The van der Waals surface area contributed by atoms with Crippen LogP contribution in [0.2, 0.25) is 0 Å². The molecule has 0 aliphatic rings. The Bertz CT molecular complexity index is 641. The number of thiophene rings is 3. The summed E-state index contributed by atoms with van der Waals surface area (Å²) in [5.74, 6) is 0. The quantitative estimate of drug-likeness (QED) is 0.409. The van der Waals surface area contributed by atoms with E-state index >= 15 is 0 Å². The molecule has 0 amide bonds. The summed E-state index contributed by atoms with van der Waals surface area (Å²) in [6, 6.07) is 4.72. The van der Waals surface area contributed by atoms with E-state index in [9.17, 15) is 0 Å². The van der Waals surface area contributed by atoms with Gasteiger partial charge in [0.15, 0.2) is 0 Å². The van der Waals surface area contributed by atoms with E-state index < -0.39 is 0 Å². The molecule has 0 bridgehead atoms. The van der Waals surface area contributed by atoms with Crippen molar-refractivity contribution in [2.45, 2.75) is 51.9 Å². The number of rotatable bonds is 7. The molecule has 19 heavy (non-hydrogen) atoms. The molecule has 0 aliphatic heterocycles. The molecule has 0 radical (unpaired) electrons. The maximum absolute atomic E-state index is 2.44. The first-order valence-corrected chi connectivity index (χ1v) is 9.78. The third kappa shape index (κ3) is 3.04. The van der Waals surface area contributed by atoms with E-state index in [1.807, 2.05) is 34.0 Å². The first-order chi connectivity index (χ1) is 9.38. The molecule has 3 aromatic rings. The van der Waals surface area contributed by atoms with Crippen LogP contribution in [0.15, 0.2) is 17.5 Å². The van der Waals surface area contributed by atoms with Crippen LogP contribution in [0.5, 0.6) is 0 Å². The minimum atomic E-state index is 1.28. The minimum absolute atomic E-state index is 1.28. The first kappa shape index (κ1) is 13.6. The molecule has 0 aliphatic carbocycles. The first-order valence-electron chi connectivity index (χ1n) is 7.27. The molecule has 0 atom stereocenters. The monoisotopic (exact) mass is 308 g/mol. The van der Waals surface area contributed by atoms with Gasteiger partial charge in [0.25, 0.3) is 0 Å². The van der Waals surface area contributed by atoms with Crippen LogP contribution in [-0.4, -0.2) is 0 Å². The second kappa shape index (κ2) is 6.38. The lowest BCUT2D eigenvalue weighted by molar-refractivity contribution is 0.609. The van der Waals surface area contributed by atoms with Crippen molar-refractivity contribution in [3.05, 3.63) is 22.4 Å². The van der Waals surface area contributed by atoms with E-state index in [1.54, 1.807) is 4.88 Å². The molecule has 102 valence electrons. The van der Waals surface area contributed by atoms with Crippen LogP contribution >= 0.6 is 34.0 Å². The fourth-order valence-corrected chi connectivity index (χ4v) is 6.36. The Morgan fingerprint density at radius 3 is 2.63 bits per heavy atom. The van der Waals surface area contributed by atoms with Crippen LogP contribution < -0.4 is 0 Å². The van der Waals surface area contributed by atoms with Gasteiger partial charge in [0.1, 0.15) is 0 Å². The highest BCUT2D eigenvalue weighted by Crippen LogP contribution is 2.42. The summed E-state index contributed by atoms with van der Waals surface area (Å²) < 4.78 is 3.02. The fraction of sp³-hybridized carbons (Fsp3) is 0.500. The molecule has 0 N–H and O–H groups in total. The van der Waals surface area contributed by atoms with Crippen LogP contribution in [0.25, 0.3) is 18.8 Å². The molecule has 3 heterocycles. The Kier molecular flexibility index (Phi) is 4.57. The summed E-state index contributed by atoms with van der Waals surface area (Å²) in [6.45, 7) is 2.28. The normalized spacial score (nSPS) is 11.8. The highest BCUT2D eigenvalue weighted by molar-refractivity contribution is 7.48. The van der Waals surface area contributed by atoms with E-state index in [2.05, 4.69) is 24.4 Å². The zero-order chi connectivity index (χ0) is 13.1. The zero-order valence-electron chi connectivity index (χ0n) is 11.4. The molecule has 0 nitrogen and oxygen atoms in total. The van der Waals surface area contributed by atoms with Gasteiger partial charge in [-0.2, -0.15) is 0 Å². The number of unbranched alkanes of at least 4 members (excludes halogenated alkanes) is 5. The Hall–Kier alpha value is -0.380. The summed E-state index contributed by atoms with van der Waals surface area (Å²) in [7, 11) is 0. The Morgan fingerprint density at radius 2 is 1.74 bits per heavy atom. The van der Waals surface area contributed by atoms with Crippen molar-refractivity contribution in [2.75, 3.05) is 0 Å². The van der Waals surface area contributed by atoms with Crippen molar-refractivity contribution < 1.29 is 0 Å². The van der Waals surface area contributed by atoms with Gasteiger partial charge in [-0.1, -0.05) is 39.0 Å². The van der Waals surface area contributed by atoms with E-state index in [4.69, 9.17) is 0 Å². The largest absolute Gasteiger partial charge is 0.133 e. The van der Waals surface area contributed by atoms with Crippen molar-refractivity contribution in [1.82, 2.24) is 0 Å². The molecule has 0 unspecified atom stereocenters. The number of fused-ring (bicyclic) bond motifs is 3. The summed E-state index contributed by atoms with van der Waals surface area (Å²) in [5, 5.41) is 5.20. The summed E-state index contributed by atoms with van der Waals surface area (Å²) in [4.78, 5) is 1.59. The lowest BCUT2D eigenvalue weighted by atomic mass is 10.1. The number of hydrogen-bond donors (Lipinski definition) is 0. The number of aryl methyl sites for hydroxylation is 1. The van der Waals surface area contributed by atoms with Gasteiger partial charge in [0, 0.05) is 15.6 Å². The van der Waals surface area contributed by atoms with E-state index in [0.717, 1.165) is 0 Å². The Morgan fingerprint density at radius 1 is 0.895 bits per heavy atom. The SMILES string of the molecule is CCCCCCCCc1cc2c(s1)sc1sccc12. The highest BCUT2D eigenvalue weighted by atomic mass is 32.2. The van der Waals surface area contributed by atoms with Crippen LogP contribution in [0.1, 0.15) is 50.3 Å². The lowest BCUT2D eigenvalue weighted by Gasteiger charge is -1.99. The molecule has 3 rings (SSSR count). The van der Waals surface area contributed by atoms with Gasteiger partial charge in [-0.15, -0.1) is 34.0 Å². The van der Waals surface area contributed by atoms with Crippen LogP contribution in [0.4, 0.5) is 0 Å². The molecular weight excluding hydrogens is 288 g/mol. The predicted molar refractivity (Wildman–Crippen MR) is 92.2 cm³/mol. The van der Waals surface area contributed by atoms with Crippen LogP contribution in [0.3, 0.4) is 0 Å². The van der Waals surface area contributed by atoms with Crippen molar-refractivity contribution in [3.8, 4) is 0 Å². The van der Waals surface area contributed by atoms with Gasteiger partial charge in [-0.25, -0.2) is 0 Å². The summed E-state index contributed by atoms with van der Waals surface area (Å²) in [5.41, 5.74) is 0. The fourth-order valence-electron chi connectivity index (χ4n) is 2.55. The minimum Gasteiger partial charge on any atom is -0.133 e. The zero-order valence-corrected chi connectivity index (χ0v) is 13.9. The topological polar surface area (TPSA) is 0 Å². The third-order valence-electron chi connectivity index (χ3n) is 3.63. The number of hydrogen-bond acceptors (Lipinski definition) is 3. The van der Waals surface area contributed by atoms with Gasteiger partial charge in [0.05, 0.1) is 8.03 Å². The maximum Gasteiger partial charge on any atom is 0.0889 e. The molecule has 0 spiro atoms. The van der Waals surface area contributed by atoms with Crippen molar-refractivity contribution >= 4 is 52.8 Å². The van der Waals surface area contributed by atoms with Crippen molar-refractivity contribution in [2.24, 2.45) is 0 Å². The second-order valence-electron chi connectivity index (χ2n) is 5.16. The molecule has 3 heteroatoms. The second-order valence-corrected chi connectivity index (χ2v) is 8.75. The molecule has 0 fully saturated rings. The van der Waals surface area contributed by atoms with E-state index in [1.165, 1.54) is 63.7 Å². The van der Waals surface area contributed by atoms with Crippen LogP contribution in [0, 0.1) is 0 Å². The molecular formula is C16H20S3. The highest BCUT2D eigenvalue weighted by Gasteiger charge is 2.09. The van der Waals surface area contributed by atoms with Gasteiger partial charge < -0.3 is 0 Å². The predicted octanol–water partition coefficient (Wildman–Crippen LogP) is 7.08. The maximum atomic E-state index is 2.44. The van der Waals surface area contributed by atoms with Crippen molar-refractivity contribution in [3.63, 3.8) is 0 Å². The van der Waals surface area contributed by atoms with Crippen molar-refractivity contribution in [1.29, 1.82) is 0 Å². The Labute approximate surface area is 127 Å². The molecule has 3 aromatic heterocycles. The van der Waals surface area contributed by atoms with Gasteiger partial charge in [-0.3, -0.25) is 0 Å².